The van der Waals surface area contributed by atoms with E-state index in [0.29, 0.717) is 44.3 Å². The SMILES string of the molecule is COc1cc(NCCCNS(=O)(=O)N2CCCCC2)ncn1. The van der Waals surface area contributed by atoms with Crippen molar-refractivity contribution in [1.29, 1.82) is 0 Å². The van der Waals surface area contributed by atoms with Crippen LogP contribution in [0.25, 0.3) is 0 Å². The average Bonchev–Trinajstić information content (AvgIpc) is 2.55. The average molecular weight is 329 g/mol. The Kier molecular flexibility index (Phi) is 6.34. The summed E-state index contributed by atoms with van der Waals surface area (Å²) in [4.78, 5) is 7.97. The number of ether oxygens (including phenoxy) is 1. The summed E-state index contributed by atoms with van der Waals surface area (Å²) >= 11 is 0. The van der Waals surface area contributed by atoms with Crippen molar-refractivity contribution in [3.63, 3.8) is 0 Å². The van der Waals surface area contributed by atoms with Gasteiger partial charge in [0.25, 0.3) is 10.2 Å². The Labute approximate surface area is 131 Å². The van der Waals surface area contributed by atoms with Crippen LogP contribution >= 0.6 is 0 Å². The van der Waals surface area contributed by atoms with Gasteiger partial charge >= 0.3 is 0 Å². The smallest absolute Gasteiger partial charge is 0.279 e. The van der Waals surface area contributed by atoms with Crippen molar-refractivity contribution in [3.05, 3.63) is 12.4 Å². The van der Waals surface area contributed by atoms with Crippen LogP contribution in [0.4, 0.5) is 5.82 Å². The van der Waals surface area contributed by atoms with Crippen LogP contribution in [-0.4, -0.2) is 56.0 Å². The van der Waals surface area contributed by atoms with Crippen molar-refractivity contribution in [2.75, 3.05) is 38.6 Å². The molecule has 1 aliphatic heterocycles. The van der Waals surface area contributed by atoms with Crippen LogP contribution in [0.3, 0.4) is 0 Å². The van der Waals surface area contributed by atoms with Crippen molar-refractivity contribution < 1.29 is 13.2 Å². The van der Waals surface area contributed by atoms with Gasteiger partial charge in [-0.2, -0.15) is 12.7 Å². The highest BCUT2D eigenvalue weighted by molar-refractivity contribution is 7.87. The molecular formula is C13H23N5O3S. The number of anilines is 1. The molecule has 0 atom stereocenters. The van der Waals surface area contributed by atoms with Gasteiger partial charge < -0.3 is 10.1 Å². The quantitative estimate of drug-likeness (QED) is 0.678. The summed E-state index contributed by atoms with van der Waals surface area (Å²) in [5, 5.41) is 3.11. The van der Waals surface area contributed by atoms with Crippen molar-refractivity contribution in [2.24, 2.45) is 0 Å². The van der Waals surface area contributed by atoms with Crippen molar-refractivity contribution in [3.8, 4) is 5.88 Å². The number of methoxy groups -OCH3 is 1. The summed E-state index contributed by atoms with van der Waals surface area (Å²) in [6.45, 7) is 2.25. The fraction of sp³-hybridized carbons (Fsp3) is 0.692. The van der Waals surface area contributed by atoms with Gasteiger partial charge in [-0.3, -0.25) is 0 Å². The molecule has 0 bridgehead atoms. The maximum atomic E-state index is 12.1. The van der Waals surface area contributed by atoms with Crippen LogP contribution < -0.4 is 14.8 Å². The van der Waals surface area contributed by atoms with E-state index in [1.54, 1.807) is 13.2 Å². The zero-order chi connectivity index (χ0) is 15.8. The van der Waals surface area contributed by atoms with E-state index in [1.165, 1.54) is 10.6 Å². The lowest BCUT2D eigenvalue weighted by Gasteiger charge is -2.25. The minimum absolute atomic E-state index is 0.397. The number of nitrogens with one attached hydrogen (secondary N) is 2. The molecule has 2 N–H and O–H groups in total. The minimum Gasteiger partial charge on any atom is -0.481 e. The maximum absolute atomic E-state index is 12.1. The van der Waals surface area contributed by atoms with Crippen LogP contribution in [0.5, 0.6) is 5.88 Å². The van der Waals surface area contributed by atoms with Gasteiger partial charge in [-0.25, -0.2) is 14.7 Å². The minimum atomic E-state index is -3.33. The lowest BCUT2D eigenvalue weighted by atomic mass is 10.2. The van der Waals surface area contributed by atoms with E-state index in [0.717, 1.165) is 19.3 Å². The largest absolute Gasteiger partial charge is 0.481 e. The molecule has 22 heavy (non-hydrogen) atoms. The molecule has 2 heterocycles. The monoisotopic (exact) mass is 329 g/mol. The molecule has 1 fully saturated rings. The molecule has 1 saturated heterocycles. The molecule has 1 aromatic heterocycles. The van der Waals surface area contributed by atoms with Crippen LogP contribution in [0.1, 0.15) is 25.7 Å². The molecule has 0 aromatic carbocycles. The van der Waals surface area contributed by atoms with Crippen LogP contribution in [0, 0.1) is 0 Å². The number of piperidine rings is 1. The van der Waals surface area contributed by atoms with E-state index < -0.39 is 10.2 Å². The van der Waals surface area contributed by atoms with Gasteiger partial charge in [-0.15, -0.1) is 0 Å². The summed E-state index contributed by atoms with van der Waals surface area (Å²) < 4.78 is 33.3. The molecule has 0 unspecified atom stereocenters. The lowest BCUT2D eigenvalue weighted by Crippen LogP contribution is -2.43. The molecule has 0 saturated carbocycles. The van der Waals surface area contributed by atoms with E-state index in [-0.39, 0.29) is 0 Å². The molecule has 8 nitrogen and oxygen atoms in total. The highest BCUT2D eigenvalue weighted by Gasteiger charge is 2.22. The predicted molar refractivity (Wildman–Crippen MR) is 84.0 cm³/mol. The molecule has 1 aliphatic rings. The van der Waals surface area contributed by atoms with Gasteiger partial charge in [-0.1, -0.05) is 6.42 Å². The second-order valence-corrected chi connectivity index (χ2v) is 6.84. The van der Waals surface area contributed by atoms with Crippen LogP contribution in [0.15, 0.2) is 12.4 Å². The van der Waals surface area contributed by atoms with E-state index in [2.05, 4.69) is 20.0 Å². The third kappa shape index (κ3) is 5.08. The zero-order valence-electron chi connectivity index (χ0n) is 12.8. The van der Waals surface area contributed by atoms with Crippen molar-refractivity contribution >= 4 is 16.0 Å². The normalized spacial score (nSPS) is 16.4. The van der Waals surface area contributed by atoms with Crippen molar-refractivity contribution in [1.82, 2.24) is 19.0 Å². The van der Waals surface area contributed by atoms with Crippen molar-refractivity contribution in [2.45, 2.75) is 25.7 Å². The molecule has 0 amide bonds. The zero-order valence-corrected chi connectivity index (χ0v) is 13.6. The Bertz CT molecular complexity index is 561. The first kappa shape index (κ1) is 16.9. The lowest BCUT2D eigenvalue weighted by molar-refractivity contribution is 0.341. The summed E-state index contributed by atoms with van der Waals surface area (Å²) in [7, 11) is -1.79. The Morgan fingerprint density at radius 1 is 1.23 bits per heavy atom. The summed E-state index contributed by atoms with van der Waals surface area (Å²) in [5.74, 6) is 1.15. The molecule has 124 valence electrons. The second kappa shape index (κ2) is 8.25. The molecule has 0 radical (unpaired) electrons. The third-order valence-corrected chi connectivity index (χ3v) is 5.06. The van der Waals surface area contributed by atoms with Crippen LogP contribution in [-0.2, 0) is 10.2 Å². The first-order valence-corrected chi connectivity index (χ1v) is 8.90. The van der Waals surface area contributed by atoms with E-state index in [1.807, 2.05) is 0 Å². The van der Waals surface area contributed by atoms with Gasteiger partial charge in [0, 0.05) is 32.2 Å². The third-order valence-electron chi connectivity index (χ3n) is 3.45. The van der Waals surface area contributed by atoms with E-state index in [9.17, 15) is 8.42 Å². The standard InChI is InChI=1S/C13H23N5O3S/c1-21-13-10-12(15-11-16-13)14-6-5-7-17-22(19,20)18-8-3-2-4-9-18/h10-11,17H,2-9H2,1H3,(H,14,15,16). The molecule has 0 spiro atoms. The topological polar surface area (TPSA) is 96.5 Å². The summed E-state index contributed by atoms with van der Waals surface area (Å²) in [5.41, 5.74) is 0. The molecular weight excluding hydrogens is 306 g/mol. The first-order chi connectivity index (χ1) is 10.6. The fourth-order valence-corrected chi connectivity index (χ4v) is 3.57. The Hall–Kier alpha value is -1.45. The van der Waals surface area contributed by atoms with E-state index >= 15 is 0 Å². The van der Waals surface area contributed by atoms with Gasteiger partial charge in [0.15, 0.2) is 0 Å². The Morgan fingerprint density at radius 2 is 2.00 bits per heavy atom. The van der Waals surface area contributed by atoms with Gasteiger partial charge in [0.1, 0.15) is 12.1 Å². The molecule has 1 aromatic rings. The van der Waals surface area contributed by atoms with E-state index in [4.69, 9.17) is 4.74 Å². The Morgan fingerprint density at radius 3 is 2.73 bits per heavy atom. The number of hydrogen-bond donors (Lipinski definition) is 2. The summed E-state index contributed by atoms with van der Waals surface area (Å²) in [6, 6.07) is 1.69. The number of nitrogens with zero attached hydrogens (tertiary/aromatic N) is 3. The summed E-state index contributed by atoms with van der Waals surface area (Å²) in [6.07, 6.45) is 5.08. The highest BCUT2D eigenvalue weighted by atomic mass is 32.2. The molecule has 9 heteroatoms. The van der Waals surface area contributed by atoms with Gasteiger partial charge in [-0.05, 0) is 19.3 Å². The molecule has 0 aliphatic carbocycles. The predicted octanol–water partition coefficient (Wildman–Crippen LogP) is 0.608. The number of hydrogen-bond acceptors (Lipinski definition) is 6. The van der Waals surface area contributed by atoms with Crippen LogP contribution in [0.2, 0.25) is 0 Å². The Balaban J connectivity index is 1.68. The number of aromatic nitrogens is 2. The molecule has 2 rings (SSSR count). The maximum Gasteiger partial charge on any atom is 0.279 e. The first-order valence-electron chi connectivity index (χ1n) is 7.46. The second-order valence-electron chi connectivity index (χ2n) is 5.09. The van der Waals surface area contributed by atoms with Gasteiger partial charge in [0.05, 0.1) is 7.11 Å². The van der Waals surface area contributed by atoms with Gasteiger partial charge in [0.2, 0.25) is 5.88 Å². The number of rotatable bonds is 8. The fourth-order valence-electron chi connectivity index (χ4n) is 2.25. The highest BCUT2D eigenvalue weighted by Crippen LogP contribution is 2.12.